The largest absolute Gasteiger partial charge is 0.497 e. The summed E-state index contributed by atoms with van der Waals surface area (Å²) in [4.78, 5) is 34.2. The van der Waals surface area contributed by atoms with Crippen molar-refractivity contribution in [2.75, 3.05) is 32.1 Å². The number of anilines is 2. The van der Waals surface area contributed by atoms with Crippen LogP contribution in [0.1, 0.15) is 30.3 Å². The van der Waals surface area contributed by atoms with E-state index in [0.29, 0.717) is 38.4 Å². The molecule has 2 aromatic rings. The van der Waals surface area contributed by atoms with Crippen molar-refractivity contribution in [2.45, 2.75) is 25.8 Å². The van der Waals surface area contributed by atoms with Crippen LogP contribution in [-0.4, -0.2) is 59.7 Å². The molecule has 2 N–H and O–H groups in total. The Bertz CT molecular complexity index is 835. The van der Waals surface area contributed by atoms with E-state index in [2.05, 4.69) is 20.6 Å². The number of nitrogens with one attached hydrogen (secondary N) is 2. The van der Waals surface area contributed by atoms with Crippen LogP contribution in [0.25, 0.3) is 0 Å². The van der Waals surface area contributed by atoms with Crippen LogP contribution in [-0.2, 0) is 4.74 Å². The molecule has 0 bridgehead atoms. The van der Waals surface area contributed by atoms with Gasteiger partial charge in [0, 0.05) is 30.9 Å². The van der Waals surface area contributed by atoms with Crippen LogP contribution in [0.15, 0.2) is 36.7 Å². The Morgan fingerprint density at radius 2 is 1.90 bits per heavy atom. The van der Waals surface area contributed by atoms with Gasteiger partial charge in [-0.2, -0.15) is 0 Å². The predicted molar refractivity (Wildman–Crippen MR) is 107 cm³/mol. The van der Waals surface area contributed by atoms with Gasteiger partial charge in [0.1, 0.15) is 23.6 Å². The summed E-state index contributed by atoms with van der Waals surface area (Å²) < 4.78 is 10.1. The molecule has 9 heteroatoms. The highest BCUT2D eigenvalue weighted by Gasteiger charge is 2.25. The Balaban J connectivity index is 1.55. The van der Waals surface area contributed by atoms with Crippen molar-refractivity contribution in [2.24, 2.45) is 0 Å². The van der Waals surface area contributed by atoms with Gasteiger partial charge in [0.15, 0.2) is 0 Å². The molecule has 2 amide bonds. The number of piperidine rings is 1. The van der Waals surface area contributed by atoms with Crippen LogP contribution in [0.4, 0.5) is 16.3 Å². The summed E-state index contributed by atoms with van der Waals surface area (Å²) in [7, 11) is 1.61. The second-order valence-electron chi connectivity index (χ2n) is 6.58. The van der Waals surface area contributed by atoms with Crippen LogP contribution < -0.4 is 15.4 Å². The van der Waals surface area contributed by atoms with Crippen molar-refractivity contribution >= 4 is 23.5 Å². The predicted octanol–water partition coefficient (Wildman–Crippen LogP) is 2.58. The minimum Gasteiger partial charge on any atom is -0.497 e. The summed E-state index contributed by atoms with van der Waals surface area (Å²) in [6, 6.07) is 8.98. The topological polar surface area (TPSA) is 106 Å². The molecule has 29 heavy (non-hydrogen) atoms. The minimum absolute atomic E-state index is 0.0128. The Morgan fingerprint density at radius 3 is 2.55 bits per heavy atom. The van der Waals surface area contributed by atoms with Gasteiger partial charge in [-0.3, -0.25) is 4.79 Å². The average Bonchev–Trinajstić information content (AvgIpc) is 2.75. The number of rotatable bonds is 6. The zero-order valence-corrected chi connectivity index (χ0v) is 16.6. The average molecular weight is 399 g/mol. The number of aromatic nitrogens is 2. The number of carbonyl (C=O) groups is 2. The lowest BCUT2D eigenvalue weighted by Crippen LogP contribution is -2.46. The summed E-state index contributed by atoms with van der Waals surface area (Å²) in [5, 5.41) is 6.12. The first kappa shape index (κ1) is 20.4. The summed E-state index contributed by atoms with van der Waals surface area (Å²) in [6.45, 7) is 3.25. The van der Waals surface area contributed by atoms with E-state index in [4.69, 9.17) is 9.47 Å². The third-order valence-electron chi connectivity index (χ3n) is 4.62. The standard InChI is InChI=1S/C20H25N5O4/c1-3-29-20(27)25-10-8-15(9-11-25)24-19(26)17-12-18(22-13-21-17)23-14-4-6-16(28-2)7-5-14/h4-7,12-13,15H,3,8-11H2,1-2H3,(H,24,26)(H,21,22,23). The van der Waals surface area contributed by atoms with E-state index in [1.54, 1.807) is 25.0 Å². The molecule has 1 fully saturated rings. The molecule has 1 aliphatic rings. The van der Waals surface area contributed by atoms with Gasteiger partial charge in [-0.05, 0) is 44.0 Å². The van der Waals surface area contributed by atoms with Gasteiger partial charge in [-0.1, -0.05) is 0 Å². The molecule has 154 valence electrons. The molecule has 1 aliphatic heterocycles. The number of benzene rings is 1. The molecule has 0 aliphatic carbocycles. The van der Waals surface area contributed by atoms with E-state index in [0.717, 1.165) is 11.4 Å². The highest BCUT2D eigenvalue weighted by Crippen LogP contribution is 2.19. The molecular formula is C20H25N5O4. The van der Waals surface area contributed by atoms with E-state index in [1.807, 2.05) is 24.3 Å². The summed E-state index contributed by atoms with van der Waals surface area (Å²) in [5.74, 6) is 1.01. The van der Waals surface area contributed by atoms with E-state index < -0.39 is 0 Å². The van der Waals surface area contributed by atoms with Gasteiger partial charge in [-0.25, -0.2) is 14.8 Å². The number of hydrogen-bond acceptors (Lipinski definition) is 7. The summed E-state index contributed by atoms with van der Waals surface area (Å²) in [5.41, 5.74) is 1.10. The molecule has 0 spiro atoms. The molecular weight excluding hydrogens is 374 g/mol. The first-order valence-corrected chi connectivity index (χ1v) is 9.54. The first-order valence-electron chi connectivity index (χ1n) is 9.54. The lowest BCUT2D eigenvalue weighted by atomic mass is 10.1. The fourth-order valence-corrected chi connectivity index (χ4v) is 3.05. The van der Waals surface area contributed by atoms with Crippen molar-refractivity contribution in [1.29, 1.82) is 0 Å². The highest BCUT2D eigenvalue weighted by molar-refractivity contribution is 5.93. The lowest BCUT2D eigenvalue weighted by Gasteiger charge is -2.31. The van der Waals surface area contributed by atoms with Crippen molar-refractivity contribution in [3.8, 4) is 5.75 Å². The van der Waals surface area contributed by atoms with Crippen LogP contribution in [0.2, 0.25) is 0 Å². The Morgan fingerprint density at radius 1 is 1.17 bits per heavy atom. The van der Waals surface area contributed by atoms with Crippen molar-refractivity contribution in [3.05, 3.63) is 42.4 Å². The number of methoxy groups -OCH3 is 1. The van der Waals surface area contributed by atoms with Crippen LogP contribution >= 0.6 is 0 Å². The van der Waals surface area contributed by atoms with Gasteiger partial charge < -0.3 is 25.0 Å². The van der Waals surface area contributed by atoms with Gasteiger partial charge in [-0.15, -0.1) is 0 Å². The molecule has 0 unspecified atom stereocenters. The van der Waals surface area contributed by atoms with Gasteiger partial charge in [0.05, 0.1) is 13.7 Å². The molecule has 1 aromatic heterocycles. The normalized spacial score (nSPS) is 14.2. The third kappa shape index (κ3) is 5.56. The smallest absolute Gasteiger partial charge is 0.409 e. The molecule has 0 radical (unpaired) electrons. The van der Waals surface area contributed by atoms with Crippen LogP contribution in [0.5, 0.6) is 5.75 Å². The number of hydrogen-bond donors (Lipinski definition) is 2. The number of carbonyl (C=O) groups excluding carboxylic acids is 2. The number of likely N-dealkylation sites (tertiary alicyclic amines) is 1. The number of nitrogens with zero attached hydrogens (tertiary/aromatic N) is 3. The summed E-state index contributed by atoms with van der Waals surface area (Å²) in [6.07, 6.45) is 2.39. The number of amides is 2. The second-order valence-corrected chi connectivity index (χ2v) is 6.58. The number of ether oxygens (including phenoxy) is 2. The molecule has 3 rings (SSSR count). The van der Waals surface area contributed by atoms with Crippen molar-refractivity contribution in [1.82, 2.24) is 20.2 Å². The minimum atomic E-state index is -0.303. The Hall–Kier alpha value is -3.36. The quantitative estimate of drug-likeness (QED) is 0.769. The fourth-order valence-electron chi connectivity index (χ4n) is 3.05. The van der Waals surface area contributed by atoms with Crippen LogP contribution in [0, 0.1) is 0 Å². The van der Waals surface area contributed by atoms with Gasteiger partial charge >= 0.3 is 6.09 Å². The maximum atomic E-state index is 12.6. The maximum Gasteiger partial charge on any atom is 0.409 e. The molecule has 1 saturated heterocycles. The zero-order valence-electron chi connectivity index (χ0n) is 16.6. The molecule has 9 nitrogen and oxygen atoms in total. The van der Waals surface area contributed by atoms with Crippen molar-refractivity contribution in [3.63, 3.8) is 0 Å². The molecule has 0 atom stereocenters. The SMILES string of the molecule is CCOC(=O)N1CCC(NC(=O)c2cc(Nc3ccc(OC)cc3)ncn2)CC1. The molecule has 0 saturated carbocycles. The Labute approximate surface area is 169 Å². The van der Waals surface area contributed by atoms with Crippen LogP contribution in [0.3, 0.4) is 0 Å². The fraction of sp³-hybridized carbons (Fsp3) is 0.400. The van der Waals surface area contributed by atoms with Gasteiger partial charge in [0.2, 0.25) is 0 Å². The monoisotopic (exact) mass is 399 g/mol. The van der Waals surface area contributed by atoms with E-state index in [-0.39, 0.29) is 23.7 Å². The van der Waals surface area contributed by atoms with Crippen molar-refractivity contribution < 1.29 is 19.1 Å². The van der Waals surface area contributed by atoms with Gasteiger partial charge in [0.25, 0.3) is 5.91 Å². The second kappa shape index (κ2) is 9.72. The zero-order chi connectivity index (χ0) is 20.6. The lowest BCUT2D eigenvalue weighted by molar-refractivity contribution is 0.0856. The first-order chi connectivity index (χ1) is 14.1. The maximum absolute atomic E-state index is 12.6. The molecule has 2 heterocycles. The molecule has 1 aromatic carbocycles. The van der Waals surface area contributed by atoms with E-state index in [9.17, 15) is 9.59 Å². The highest BCUT2D eigenvalue weighted by atomic mass is 16.6. The Kier molecular flexibility index (Phi) is 6.83. The van der Waals surface area contributed by atoms with E-state index >= 15 is 0 Å². The third-order valence-corrected chi connectivity index (χ3v) is 4.62. The summed E-state index contributed by atoms with van der Waals surface area (Å²) >= 11 is 0. The van der Waals surface area contributed by atoms with E-state index in [1.165, 1.54) is 6.33 Å².